The molecular formula is C18H20N2O2S. The van der Waals surface area contributed by atoms with Crippen molar-refractivity contribution in [1.82, 2.24) is 5.32 Å². The molecule has 0 atom stereocenters. The van der Waals surface area contributed by atoms with Crippen LogP contribution in [0.5, 0.6) is 0 Å². The zero-order chi connectivity index (χ0) is 16.7. The third-order valence-electron chi connectivity index (χ3n) is 3.04. The van der Waals surface area contributed by atoms with Crippen molar-refractivity contribution in [2.45, 2.75) is 13.8 Å². The molecule has 0 radical (unpaired) electrons. The normalized spacial score (nSPS) is 10.9. The Morgan fingerprint density at radius 1 is 1.17 bits per heavy atom. The van der Waals surface area contributed by atoms with E-state index in [9.17, 15) is 9.59 Å². The Hall–Kier alpha value is -2.40. The van der Waals surface area contributed by atoms with E-state index in [1.54, 1.807) is 41.7 Å². The van der Waals surface area contributed by atoms with Gasteiger partial charge in [0.25, 0.3) is 5.91 Å². The van der Waals surface area contributed by atoms with E-state index in [0.717, 1.165) is 4.88 Å². The molecule has 120 valence electrons. The van der Waals surface area contributed by atoms with E-state index in [1.165, 1.54) is 6.08 Å². The second kappa shape index (κ2) is 8.29. The maximum Gasteiger partial charge on any atom is 0.253 e. The van der Waals surface area contributed by atoms with Gasteiger partial charge in [-0.2, -0.15) is 0 Å². The van der Waals surface area contributed by atoms with Crippen molar-refractivity contribution in [2.75, 3.05) is 11.9 Å². The Morgan fingerprint density at radius 3 is 2.65 bits per heavy atom. The van der Waals surface area contributed by atoms with Crippen molar-refractivity contribution in [3.63, 3.8) is 0 Å². The molecule has 2 rings (SSSR count). The number of rotatable bonds is 6. The Labute approximate surface area is 140 Å². The van der Waals surface area contributed by atoms with Crippen LogP contribution in [0.25, 0.3) is 6.08 Å². The van der Waals surface area contributed by atoms with Gasteiger partial charge in [-0.25, -0.2) is 0 Å². The van der Waals surface area contributed by atoms with E-state index < -0.39 is 0 Å². The summed E-state index contributed by atoms with van der Waals surface area (Å²) in [5.74, 6) is -0.0752. The number of hydrogen-bond donors (Lipinski definition) is 2. The summed E-state index contributed by atoms with van der Waals surface area (Å²) >= 11 is 1.56. The van der Waals surface area contributed by atoms with Crippen LogP contribution in [0, 0.1) is 5.92 Å². The van der Waals surface area contributed by atoms with Gasteiger partial charge in [-0.15, -0.1) is 11.3 Å². The molecule has 1 aromatic carbocycles. The summed E-state index contributed by atoms with van der Waals surface area (Å²) in [5, 5.41) is 7.57. The van der Waals surface area contributed by atoms with Gasteiger partial charge in [0.2, 0.25) is 5.91 Å². The van der Waals surface area contributed by atoms with Gasteiger partial charge in [0.1, 0.15) is 0 Å². The molecule has 0 saturated carbocycles. The fourth-order valence-electron chi connectivity index (χ4n) is 1.90. The molecule has 0 fully saturated rings. The van der Waals surface area contributed by atoms with Crippen molar-refractivity contribution in [2.24, 2.45) is 5.92 Å². The van der Waals surface area contributed by atoms with E-state index >= 15 is 0 Å². The Morgan fingerprint density at radius 2 is 1.96 bits per heavy atom. The van der Waals surface area contributed by atoms with E-state index in [-0.39, 0.29) is 11.8 Å². The Kier molecular flexibility index (Phi) is 6.11. The summed E-state index contributed by atoms with van der Waals surface area (Å²) < 4.78 is 0. The second-order valence-electron chi connectivity index (χ2n) is 5.49. The molecule has 0 aliphatic carbocycles. The number of carbonyl (C=O) groups is 2. The van der Waals surface area contributed by atoms with E-state index in [0.29, 0.717) is 23.7 Å². The van der Waals surface area contributed by atoms with Crippen molar-refractivity contribution in [1.29, 1.82) is 0 Å². The zero-order valence-electron chi connectivity index (χ0n) is 13.2. The number of nitrogens with one attached hydrogen (secondary N) is 2. The lowest BCUT2D eigenvalue weighted by Gasteiger charge is -2.11. The fourth-order valence-corrected chi connectivity index (χ4v) is 2.52. The quantitative estimate of drug-likeness (QED) is 0.793. The third-order valence-corrected chi connectivity index (χ3v) is 3.88. The van der Waals surface area contributed by atoms with Crippen molar-refractivity contribution < 1.29 is 9.59 Å². The fraction of sp³-hybridized carbons (Fsp3) is 0.222. The first-order valence-electron chi connectivity index (χ1n) is 7.46. The van der Waals surface area contributed by atoms with Gasteiger partial charge in [0.15, 0.2) is 0 Å². The largest absolute Gasteiger partial charge is 0.352 e. The third kappa shape index (κ3) is 5.38. The average Bonchev–Trinajstić information content (AvgIpc) is 3.04. The average molecular weight is 328 g/mol. The standard InChI is InChI=1S/C18H20N2O2S/c1-13(2)12-19-18(22)15-7-3-4-8-16(15)20-17(21)10-9-14-6-5-11-23-14/h3-11,13H,12H2,1-2H3,(H,19,22)(H,20,21)/b10-9+. The SMILES string of the molecule is CC(C)CNC(=O)c1ccccc1NC(=O)/C=C/c1cccs1. The summed E-state index contributed by atoms with van der Waals surface area (Å²) in [6, 6.07) is 10.9. The molecule has 0 spiro atoms. The molecule has 1 heterocycles. The van der Waals surface area contributed by atoms with Crippen molar-refractivity contribution >= 4 is 34.9 Å². The summed E-state index contributed by atoms with van der Waals surface area (Å²) in [5.41, 5.74) is 0.973. The lowest BCUT2D eigenvalue weighted by atomic mass is 10.1. The number of carbonyl (C=O) groups excluding carboxylic acids is 2. The number of para-hydroxylation sites is 1. The maximum absolute atomic E-state index is 12.2. The minimum Gasteiger partial charge on any atom is -0.352 e. The highest BCUT2D eigenvalue weighted by Crippen LogP contribution is 2.16. The topological polar surface area (TPSA) is 58.2 Å². The van der Waals surface area contributed by atoms with Crippen LogP contribution in [0.15, 0.2) is 47.9 Å². The van der Waals surface area contributed by atoms with Crippen LogP contribution in [-0.2, 0) is 4.79 Å². The number of anilines is 1. The van der Waals surface area contributed by atoms with Crippen molar-refractivity contribution in [3.8, 4) is 0 Å². The molecule has 1 aromatic heterocycles. The molecule has 4 nitrogen and oxygen atoms in total. The number of thiophene rings is 1. The van der Waals surface area contributed by atoms with Crippen molar-refractivity contribution in [3.05, 3.63) is 58.3 Å². The molecule has 5 heteroatoms. The first-order chi connectivity index (χ1) is 11.1. The minimum absolute atomic E-state index is 0.183. The Balaban J connectivity index is 2.05. The molecule has 23 heavy (non-hydrogen) atoms. The molecule has 0 unspecified atom stereocenters. The van der Waals surface area contributed by atoms with Gasteiger partial charge in [-0.1, -0.05) is 32.0 Å². The number of benzene rings is 1. The van der Waals surface area contributed by atoms with Crippen LogP contribution in [0.1, 0.15) is 29.1 Å². The monoisotopic (exact) mass is 328 g/mol. The molecular weight excluding hydrogens is 308 g/mol. The van der Waals surface area contributed by atoms with E-state index in [2.05, 4.69) is 10.6 Å². The second-order valence-corrected chi connectivity index (χ2v) is 6.47. The van der Waals surface area contributed by atoms with Crippen LogP contribution in [-0.4, -0.2) is 18.4 Å². The van der Waals surface area contributed by atoms with Gasteiger partial charge in [0, 0.05) is 17.5 Å². The smallest absolute Gasteiger partial charge is 0.253 e. The summed E-state index contributed by atoms with van der Waals surface area (Å²) in [6.07, 6.45) is 3.22. The molecule has 0 bridgehead atoms. The summed E-state index contributed by atoms with van der Waals surface area (Å²) in [7, 11) is 0. The predicted molar refractivity (Wildman–Crippen MR) is 95.6 cm³/mol. The lowest BCUT2D eigenvalue weighted by molar-refractivity contribution is -0.111. The first-order valence-corrected chi connectivity index (χ1v) is 8.34. The molecule has 2 N–H and O–H groups in total. The van der Waals surface area contributed by atoms with Gasteiger partial charge in [-0.3, -0.25) is 9.59 Å². The molecule has 0 aliphatic heterocycles. The van der Waals surface area contributed by atoms with Gasteiger partial charge in [0.05, 0.1) is 11.3 Å². The molecule has 2 amide bonds. The highest BCUT2D eigenvalue weighted by atomic mass is 32.1. The first kappa shape index (κ1) is 17.0. The number of amides is 2. The minimum atomic E-state index is -0.262. The highest BCUT2D eigenvalue weighted by Gasteiger charge is 2.12. The highest BCUT2D eigenvalue weighted by molar-refractivity contribution is 7.10. The van der Waals surface area contributed by atoms with Crippen LogP contribution >= 0.6 is 11.3 Å². The zero-order valence-corrected chi connectivity index (χ0v) is 14.0. The van der Waals surface area contributed by atoms with E-state index in [4.69, 9.17) is 0 Å². The molecule has 0 saturated heterocycles. The maximum atomic E-state index is 12.2. The van der Waals surface area contributed by atoms with Crippen LogP contribution in [0.4, 0.5) is 5.69 Å². The van der Waals surface area contributed by atoms with E-state index in [1.807, 2.05) is 31.4 Å². The predicted octanol–water partition coefficient (Wildman–Crippen LogP) is 3.79. The van der Waals surface area contributed by atoms with Gasteiger partial charge in [-0.05, 0) is 35.6 Å². The van der Waals surface area contributed by atoms with Crippen LogP contribution in [0.3, 0.4) is 0 Å². The van der Waals surface area contributed by atoms with Gasteiger partial charge < -0.3 is 10.6 Å². The van der Waals surface area contributed by atoms with Crippen LogP contribution in [0.2, 0.25) is 0 Å². The Bertz CT molecular complexity index is 691. The summed E-state index contributed by atoms with van der Waals surface area (Å²) in [6.45, 7) is 4.66. The summed E-state index contributed by atoms with van der Waals surface area (Å²) in [4.78, 5) is 25.2. The lowest BCUT2D eigenvalue weighted by Crippen LogP contribution is -2.28. The number of hydrogen-bond acceptors (Lipinski definition) is 3. The van der Waals surface area contributed by atoms with Gasteiger partial charge >= 0.3 is 0 Å². The molecule has 0 aliphatic rings. The molecule has 2 aromatic rings. The van der Waals surface area contributed by atoms with Crippen LogP contribution < -0.4 is 10.6 Å².